The summed E-state index contributed by atoms with van der Waals surface area (Å²) in [6.07, 6.45) is 4.99. The Hall–Kier alpha value is -0.650. The molecule has 0 N–H and O–H groups in total. The van der Waals surface area contributed by atoms with Gasteiger partial charge in [-0.3, -0.25) is 0 Å². The van der Waals surface area contributed by atoms with Crippen molar-refractivity contribution >= 4 is 21.6 Å². The number of halogens is 2. The van der Waals surface area contributed by atoms with E-state index < -0.39 is 15.8 Å². The first-order valence-corrected chi connectivity index (χ1v) is 8.86. The Morgan fingerprint density at radius 1 is 1.15 bits per heavy atom. The summed E-state index contributed by atoms with van der Waals surface area (Å²) in [4.78, 5) is 0.134. The third-order valence-electron chi connectivity index (χ3n) is 3.71. The van der Waals surface area contributed by atoms with Gasteiger partial charge in [-0.15, -0.1) is 11.6 Å². The Labute approximate surface area is 124 Å². The van der Waals surface area contributed by atoms with Crippen molar-refractivity contribution in [1.29, 1.82) is 0 Å². The second kappa shape index (κ2) is 6.87. The second-order valence-electron chi connectivity index (χ2n) is 5.05. The molecule has 0 aliphatic heterocycles. The lowest BCUT2D eigenvalue weighted by molar-refractivity contribution is 0.262. The minimum Gasteiger partial charge on any atom is -0.207 e. The molecule has 2 rings (SSSR count). The van der Waals surface area contributed by atoms with Crippen molar-refractivity contribution in [1.82, 2.24) is 4.31 Å². The van der Waals surface area contributed by atoms with Crippen LogP contribution in [0.15, 0.2) is 29.2 Å². The fraction of sp³-hybridized carbons (Fsp3) is 0.571. The Morgan fingerprint density at radius 3 is 2.30 bits per heavy atom. The summed E-state index contributed by atoms with van der Waals surface area (Å²) in [7, 11) is -3.60. The fourth-order valence-corrected chi connectivity index (χ4v) is 4.66. The molecule has 0 amide bonds. The van der Waals surface area contributed by atoms with E-state index in [9.17, 15) is 12.8 Å². The summed E-state index contributed by atoms with van der Waals surface area (Å²) in [5.74, 6) is -0.179. The highest BCUT2D eigenvalue weighted by Crippen LogP contribution is 2.27. The van der Waals surface area contributed by atoms with Crippen LogP contribution in [0.3, 0.4) is 0 Å². The Bertz CT molecular complexity index is 527. The van der Waals surface area contributed by atoms with Gasteiger partial charge in [0, 0.05) is 18.5 Å². The molecule has 1 aromatic rings. The zero-order valence-electron chi connectivity index (χ0n) is 11.3. The van der Waals surface area contributed by atoms with Gasteiger partial charge < -0.3 is 0 Å². The maximum atomic E-state index is 12.9. The molecule has 3 nitrogen and oxygen atoms in total. The van der Waals surface area contributed by atoms with Crippen molar-refractivity contribution in [3.05, 3.63) is 30.1 Å². The van der Waals surface area contributed by atoms with Crippen molar-refractivity contribution < 1.29 is 12.8 Å². The highest BCUT2D eigenvalue weighted by atomic mass is 35.5. The van der Waals surface area contributed by atoms with Gasteiger partial charge in [-0.25, -0.2) is 12.8 Å². The van der Waals surface area contributed by atoms with Crippen LogP contribution >= 0.6 is 11.6 Å². The molecule has 1 aliphatic carbocycles. The van der Waals surface area contributed by atoms with Crippen LogP contribution in [0.25, 0.3) is 0 Å². The average Bonchev–Trinajstić information content (AvgIpc) is 2.46. The van der Waals surface area contributed by atoms with E-state index in [4.69, 9.17) is 11.6 Å². The average molecular weight is 320 g/mol. The van der Waals surface area contributed by atoms with Crippen LogP contribution in [0, 0.1) is 5.82 Å². The monoisotopic (exact) mass is 319 g/mol. The third kappa shape index (κ3) is 3.51. The van der Waals surface area contributed by atoms with Gasteiger partial charge in [0.2, 0.25) is 10.0 Å². The van der Waals surface area contributed by atoms with Gasteiger partial charge in [0.05, 0.1) is 4.90 Å². The first-order valence-electron chi connectivity index (χ1n) is 6.89. The molecule has 1 aliphatic rings. The first-order chi connectivity index (χ1) is 9.55. The van der Waals surface area contributed by atoms with E-state index in [1.54, 1.807) is 0 Å². The molecule has 0 heterocycles. The normalized spacial score (nSPS) is 17.6. The van der Waals surface area contributed by atoms with Crippen molar-refractivity contribution in [3.63, 3.8) is 0 Å². The van der Waals surface area contributed by atoms with Gasteiger partial charge in [0.15, 0.2) is 0 Å². The minimum absolute atomic E-state index is 0.0116. The Balaban J connectivity index is 2.28. The van der Waals surface area contributed by atoms with E-state index in [1.165, 1.54) is 28.6 Å². The molecule has 0 saturated heterocycles. The molecule has 6 heteroatoms. The first kappa shape index (κ1) is 15.7. The Kier molecular flexibility index (Phi) is 5.41. The quantitative estimate of drug-likeness (QED) is 0.780. The lowest BCUT2D eigenvalue weighted by atomic mass is 9.95. The zero-order valence-corrected chi connectivity index (χ0v) is 12.8. The molecule has 0 spiro atoms. The molecular weight excluding hydrogens is 301 g/mol. The standard InChI is InChI=1S/C14H19ClFNO2S/c15-10-11-17(13-4-2-1-3-5-13)20(18,19)14-8-6-12(16)7-9-14/h6-9,13H,1-5,10-11H2. The number of benzene rings is 1. The molecule has 1 aromatic carbocycles. The van der Waals surface area contributed by atoms with E-state index in [0.29, 0.717) is 6.54 Å². The molecule has 0 bridgehead atoms. The van der Waals surface area contributed by atoms with Gasteiger partial charge in [0.25, 0.3) is 0 Å². The Morgan fingerprint density at radius 2 is 1.75 bits per heavy atom. The van der Waals surface area contributed by atoms with Crippen LogP contribution in [0.2, 0.25) is 0 Å². The molecule has 20 heavy (non-hydrogen) atoms. The number of sulfonamides is 1. The summed E-state index contributed by atoms with van der Waals surface area (Å²) in [6, 6.07) is 4.99. The van der Waals surface area contributed by atoms with Crippen LogP contribution in [-0.2, 0) is 10.0 Å². The van der Waals surface area contributed by atoms with Crippen LogP contribution in [-0.4, -0.2) is 31.2 Å². The topological polar surface area (TPSA) is 37.4 Å². The molecule has 0 radical (unpaired) electrons. The van der Waals surface area contributed by atoms with E-state index in [1.807, 2.05) is 0 Å². The largest absolute Gasteiger partial charge is 0.243 e. The highest BCUT2D eigenvalue weighted by Gasteiger charge is 2.31. The highest BCUT2D eigenvalue weighted by molar-refractivity contribution is 7.89. The van der Waals surface area contributed by atoms with Gasteiger partial charge >= 0.3 is 0 Å². The molecule has 0 atom stereocenters. The lowest BCUT2D eigenvalue weighted by Gasteiger charge is -2.33. The van der Waals surface area contributed by atoms with E-state index in [0.717, 1.165) is 32.1 Å². The SMILES string of the molecule is O=S(=O)(c1ccc(F)cc1)N(CCCl)C1CCCCC1. The summed E-state index contributed by atoms with van der Waals surface area (Å²) < 4.78 is 39.8. The molecule has 112 valence electrons. The van der Waals surface area contributed by atoms with Gasteiger partial charge in [-0.05, 0) is 37.1 Å². The smallest absolute Gasteiger partial charge is 0.207 e. The van der Waals surface area contributed by atoms with E-state index in [-0.39, 0.29) is 16.8 Å². The van der Waals surface area contributed by atoms with Crippen LogP contribution < -0.4 is 0 Å². The zero-order chi connectivity index (χ0) is 14.6. The summed E-state index contributed by atoms with van der Waals surface area (Å²) in [5, 5.41) is 0. The fourth-order valence-electron chi connectivity index (χ4n) is 2.69. The molecule has 1 saturated carbocycles. The van der Waals surface area contributed by atoms with Crippen molar-refractivity contribution in [3.8, 4) is 0 Å². The minimum atomic E-state index is -3.60. The number of hydrogen-bond donors (Lipinski definition) is 0. The predicted octanol–water partition coefficient (Wildman–Crippen LogP) is 3.39. The maximum absolute atomic E-state index is 12.9. The summed E-state index contributed by atoms with van der Waals surface area (Å²) in [5.41, 5.74) is 0. The number of nitrogens with zero attached hydrogens (tertiary/aromatic N) is 1. The van der Waals surface area contributed by atoms with E-state index in [2.05, 4.69) is 0 Å². The predicted molar refractivity (Wildman–Crippen MR) is 77.9 cm³/mol. The molecule has 1 fully saturated rings. The summed E-state index contributed by atoms with van der Waals surface area (Å²) >= 11 is 5.77. The van der Waals surface area contributed by atoms with Crippen LogP contribution in [0.4, 0.5) is 4.39 Å². The third-order valence-corrected chi connectivity index (χ3v) is 5.84. The maximum Gasteiger partial charge on any atom is 0.243 e. The number of hydrogen-bond acceptors (Lipinski definition) is 2. The van der Waals surface area contributed by atoms with Crippen molar-refractivity contribution in [2.45, 2.75) is 43.0 Å². The lowest BCUT2D eigenvalue weighted by Crippen LogP contribution is -2.42. The van der Waals surface area contributed by atoms with Gasteiger partial charge in [0.1, 0.15) is 5.82 Å². The number of alkyl halides is 1. The summed E-state index contributed by atoms with van der Waals surface area (Å²) in [6.45, 7) is 0.298. The van der Waals surface area contributed by atoms with Crippen LogP contribution in [0.5, 0.6) is 0 Å². The molecular formula is C14H19ClFNO2S. The second-order valence-corrected chi connectivity index (χ2v) is 7.32. The van der Waals surface area contributed by atoms with Crippen molar-refractivity contribution in [2.75, 3.05) is 12.4 Å². The van der Waals surface area contributed by atoms with Gasteiger partial charge in [-0.2, -0.15) is 4.31 Å². The van der Waals surface area contributed by atoms with E-state index >= 15 is 0 Å². The van der Waals surface area contributed by atoms with Crippen LogP contribution in [0.1, 0.15) is 32.1 Å². The molecule has 0 aromatic heterocycles. The van der Waals surface area contributed by atoms with Gasteiger partial charge in [-0.1, -0.05) is 19.3 Å². The molecule has 0 unspecified atom stereocenters. The van der Waals surface area contributed by atoms with Crippen molar-refractivity contribution in [2.24, 2.45) is 0 Å². The number of rotatable bonds is 5.